The molecule has 2 unspecified atom stereocenters. The van der Waals surface area contributed by atoms with Gasteiger partial charge in [-0.2, -0.15) is 0 Å². The summed E-state index contributed by atoms with van der Waals surface area (Å²) in [5.74, 6) is -0.731. The van der Waals surface area contributed by atoms with Gasteiger partial charge in [0.2, 0.25) is 11.8 Å². The lowest BCUT2D eigenvalue weighted by Gasteiger charge is -2.27. The minimum atomic E-state index is -0.509. The van der Waals surface area contributed by atoms with E-state index in [9.17, 15) is 9.59 Å². The summed E-state index contributed by atoms with van der Waals surface area (Å²) in [6, 6.07) is 6.54. The topological polar surface area (TPSA) is 98.2 Å². The fourth-order valence-corrected chi connectivity index (χ4v) is 2.47. The molecule has 0 saturated heterocycles. The first-order valence-electron chi connectivity index (χ1n) is 6.54. The van der Waals surface area contributed by atoms with E-state index in [1.54, 1.807) is 24.3 Å². The van der Waals surface area contributed by atoms with Crippen LogP contribution in [-0.4, -0.2) is 17.9 Å². The van der Waals surface area contributed by atoms with Crippen LogP contribution in [0.3, 0.4) is 0 Å². The van der Waals surface area contributed by atoms with Gasteiger partial charge in [0, 0.05) is 17.3 Å². The molecule has 0 bridgehead atoms. The van der Waals surface area contributed by atoms with E-state index in [-0.39, 0.29) is 17.9 Å². The van der Waals surface area contributed by atoms with E-state index in [4.69, 9.17) is 11.5 Å². The van der Waals surface area contributed by atoms with Gasteiger partial charge in [0.05, 0.1) is 5.92 Å². The molecule has 5 N–H and O–H groups in total. The summed E-state index contributed by atoms with van der Waals surface area (Å²) >= 11 is 0. The fourth-order valence-electron chi connectivity index (χ4n) is 2.47. The molecule has 0 aromatic heterocycles. The molecule has 0 radical (unpaired) electrons. The molecule has 1 aromatic rings. The van der Waals surface area contributed by atoms with Crippen LogP contribution in [0.25, 0.3) is 0 Å². The maximum Gasteiger partial charge on any atom is 0.248 e. The molecule has 2 atom stereocenters. The molecule has 5 heteroatoms. The van der Waals surface area contributed by atoms with E-state index in [1.807, 2.05) is 0 Å². The standard InChI is InChI=1S/C14H19N3O2/c15-12-7-2-1-6-11(12)14(19)17-10-5-3-4-9(8-10)13(16)18/h3-5,8,11-12H,1-2,6-7,15H2,(H2,16,18)(H,17,19). The Bertz CT molecular complexity index is 487. The molecular formula is C14H19N3O2. The second kappa shape index (κ2) is 5.84. The average molecular weight is 261 g/mol. The Balaban J connectivity index is 2.06. The van der Waals surface area contributed by atoms with E-state index in [0.717, 1.165) is 25.7 Å². The molecule has 5 nitrogen and oxygen atoms in total. The number of hydrogen-bond acceptors (Lipinski definition) is 3. The van der Waals surface area contributed by atoms with Crippen LogP contribution in [0.1, 0.15) is 36.0 Å². The van der Waals surface area contributed by atoms with Gasteiger partial charge in [0.25, 0.3) is 0 Å². The summed E-state index contributed by atoms with van der Waals surface area (Å²) in [4.78, 5) is 23.2. The quantitative estimate of drug-likeness (QED) is 0.763. The van der Waals surface area contributed by atoms with Crippen LogP contribution in [0.5, 0.6) is 0 Å². The van der Waals surface area contributed by atoms with Crippen molar-refractivity contribution < 1.29 is 9.59 Å². The number of nitrogens with two attached hydrogens (primary N) is 2. The number of amides is 2. The van der Waals surface area contributed by atoms with Crippen LogP contribution in [0.15, 0.2) is 24.3 Å². The maximum atomic E-state index is 12.2. The number of carbonyl (C=O) groups is 2. The molecule has 1 aliphatic carbocycles. The SMILES string of the molecule is NC(=O)c1cccc(NC(=O)C2CCCCC2N)c1. The van der Waals surface area contributed by atoms with Crippen molar-refractivity contribution in [2.24, 2.45) is 17.4 Å². The zero-order valence-electron chi connectivity index (χ0n) is 10.8. The molecule has 1 saturated carbocycles. The molecule has 2 amide bonds. The van der Waals surface area contributed by atoms with Gasteiger partial charge >= 0.3 is 0 Å². The maximum absolute atomic E-state index is 12.2. The molecule has 0 heterocycles. The lowest BCUT2D eigenvalue weighted by Crippen LogP contribution is -2.40. The van der Waals surface area contributed by atoms with E-state index >= 15 is 0 Å². The molecule has 19 heavy (non-hydrogen) atoms. The monoisotopic (exact) mass is 261 g/mol. The van der Waals surface area contributed by atoms with Gasteiger partial charge in [0.15, 0.2) is 0 Å². The lowest BCUT2D eigenvalue weighted by molar-refractivity contribution is -0.121. The number of benzene rings is 1. The zero-order valence-corrected chi connectivity index (χ0v) is 10.8. The molecule has 0 aliphatic heterocycles. The van der Waals surface area contributed by atoms with E-state index < -0.39 is 5.91 Å². The number of primary amides is 1. The van der Waals surface area contributed by atoms with Crippen LogP contribution in [0.4, 0.5) is 5.69 Å². The van der Waals surface area contributed by atoms with Crippen molar-refractivity contribution in [3.8, 4) is 0 Å². The summed E-state index contributed by atoms with van der Waals surface area (Å²) in [6.45, 7) is 0. The van der Waals surface area contributed by atoms with Crippen LogP contribution in [0.2, 0.25) is 0 Å². The van der Waals surface area contributed by atoms with Crippen molar-refractivity contribution in [1.29, 1.82) is 0 Å². The van der Waals surface area contributed by atoms with E-state index in [2.05, 4.69) is 5.32 Å². The minimum absolute atomic E-state index is 0.0752. The van der Waals surface area contributed by atoms with Crippen molar-refractivity contribution in [3.05, 3.63) is 29.8 Å². The van der Waals surface area contributed by atoms with Gasteiger partial charge in [-0.1, -0.05) is 18.9 Å². The Morgan fingerprint density at radius 2 is 1.95 bits per heavy atom. The molecule has 1 aromatic carbocycles. The lowest BCUT2D eigenvalue weighted by atomic mass is 9.84. The Morgan fingerprint density at radius 1 is 1.21 bits per heavy atom. The average Bonchev–Trinajstić information content (AvgIpc) is 2.39. The van der Waals surface area contributed by atoms with Crippen LogP contribution < -0.4 is 16.8 Å². The Morgan fingerprint density at radius 3 is 2.63 bits per heavy atom. The summed E-state index contributed by atoms with van der Waals surface area (Å²) in [6.07, 6.45) is 3.83. The number of hydrogen-bond donors (Lipinski definition) is 3. The van der Waals surface area contributed by atoms with Crippen molar-refractivity contribution in [3.63, 3.8) is 0 Å². The molecule has 1 fully saturated rings. The highest BCUT2D eigenvalue weighted by Crippen LogP contribution is 2.24. The van der Waals surface area contributed by atoms with Crippen LogP contribution in [-0.2, 0) is 4.79 Å². The zero-order chi connectivity index (χ0) is 13.8. The highest BCUT2D eigenvalue weighted by Gasteiger charge is 2.28. The Hall–Kier alpha value is -1.88. The van der Waals surface area contributed by atoms with Crippen molar-refractivity contribution in [2.75, 3.05) is 5.32 Å². The van der Waals surface area contributed by atoms with Crippen molar-refractivity contribution in [2.45, 2.75) is 31.7 Å². The summed E-state index contributed by atoms with van der Waals surface area (Å²) < 4.78 is 0. The third kappa shape index (κ3) is 3.32. The number of anilines is 1. The summed E-state index contributed by atoms with van der Waals surface area (Å²) in [7, 11) is 0. The van der Waals surface area contributed by atoms with E-state index in [1.165, 1.54) is 0 Å². The first kappa shape index (κ1) is 13.5. The van der Waals surface area contributed by atoms with Gasteiger partial charge in [-0.05, 0) is 31.0 Å². The Labute approximate surface area is 112 Å². The van der Waals surface area contributed by atoms with Crippen LogP contribution in [0, 0.1) is 5.92 Å². The summed E-state index contributed by atoms with van der Waals surface area (Å²) in [5, 5.41) is 2.81. The number of rotatable bonds is 3. The van der Waals surface area contributed by atoms with Gasteiger partial charge in [-0.15, -0.1) is 0 Å². The smallest absolute Gasteiger partial charge is 0.248 e. The highest BCUT2D eigenvalue weighted by atomic mass is 16.2. The predicted molar refractivity (Wildman–Crippen MR) is 73.5 cm³/mol. The second-order valence-corrected chi connectivity index (χ2v) is 4.99. The van der Waals surface area contributed by atoms with Crippen LogP contribution >= 0.6 is 0 Å². The number of carbonyl (C=O) groups excluding carboxylic acids is 2. The fraction of sp³-hybridized carbons (Fsp3) is 0.429. The molecule has 0 spiro atoms. The highest BCUT2D eigenvalue weighted by molar-refractivity contribution is 5.97. The van der Waals surface area contributed by atoms with Gasteiger partial charge in [-0.3, -0.25) is 9.59 Å². The van der Waals surface area contributed by atoms with Gasteiger partial charge < -0.3 is 16.8 Å². The van der Waals surface area contributed by atoms with Gasteiger partial charge in [0.1, 0.15) is 0 Å². The molecular weight excluding hydrogens is 242 g/mol. The normalized spacial score (nSPS) is 22.8. The molecule has 2 rings (SSSR count). The third-order valence-corrected chi connectivity index (χ3v) is 3.57. The second-order valence-electron chi connectivity index (χ2n) is 4.99. The van der Waals surface area contributed by atoms with E-state index in [0.29, 0.717) is 11.3 Å². The molecule has 102 valence electrons. The number of nitrogens with one attached hydrogen (secondary N) is 1. The summed E-state index contributed by atoms with van der Waals surface area (Å²) in [5.41, 5.74) is 12.1. The van der Waals surface area contributed by atoms with Crippen molar-refractivity contribution in [1.82, 2.24) is 0 Å². The van der Waals surface area contributed by atoms with Gasteiger partial charge in [-0.25, -0.2) is 0 Å². The Kier molecular flexibility index (Phi) is 4.16. The third-order valence-electron chi connectivity index (χ3n) is 3.57. The predicted octanol–water partition coefficient (Wildman–Crippen LogP) is 1.24. The molecule has 1 aliphatic rings. The largest absolute Gasteiger partial charge is 0.366 e. The first-order valence-corrected chi connectivity index (χ1v) is 6.54. The minimum Gasteiger partial charge on any atom is -0.366 e. The van der Waals surface area contributed by atoms with Crippen molar-refractivity contribution >= 4 is 17.5 Å². The first-order chi connectivity index (χ1) is 9.08.